The van der Waals surface area contributed by atoms with Gasteiger partial charge in [0.05, 0.1) is 11.3 Å². The van der Waals surface area contributed by atoms with Crippen molar-refractivity contribution in [3.63, 3.8) is 0 Å². The van der Waals surface area contributed by atoms with Gasteiger partial charge in [-0.1, -0.05) is 17.4 Å². The van der Waals surface area contributed by atoms with Crippen LogP contribution in [0.15, 0.2) is 4.52 Å². The lowest BCUT2D eigenvalue weighted by Gasteiger charge is -2.23. The molecular weight excluding hydrogens is 454 g/mol. The summed E-state index contributed by atoms with van der Waals surface area (Å²) in [5.74, 6) is 1.99. The molecule has 1 atom stereocenters. The highest BCUT2D eigenvalue weighted by molar-refractivity contribution is 7.80. The maximum Gasteiger partial charge on any atom is 0.254 e. The number of rotatable bonds is 9. The third-order valence-corrected chi connectivity index (χ3v) is 8.61. The van der Waals surface area contributed by atoms with Crippen LogP contribution in [0.25, 0.3) is 0 Å². The van der Waals surface area contributed by atoms with Crippen LogP contribution in [0, 0.1) is 31.6 Å². The third-order valence-electron chi connectivity index (χ3n) is 7.09. The van der Waals surface area contributed by atoms with Gasteiger partial charge in [-0.3, -0.25) is 9.59 Å². The summed E-state index contributed by atoms with van der Waals surface area (Å²) in [6.45, 7) is 4.61. The molecule has 3 aliphatic carbocycles. The first-order valence-corrected chi connectivity index (χ1v) is 13.3. The smallest absolute Gasteiger partial charge is 0.254 e. The van der Waals surface area contributed by atoms with Gasteiger partial charge < -0.3 is 15.2 Å². The number of carbonyl (C=O) groups is 2. The van der Waals surface area contributed by atoms with Crippen LogP contribution in [0.5, 0.6) is 0 Å². The minimum absolute atomic E-state index is 0.0376. The molecule has 2 saturated carbocycles. The molecule has 3 aliphatic rings. The summed E-state index contributed by atoms with van der Waals surface area (Å²) >= 11 is 7.35. The Morgan fingerprint density at radius 1 is 1.15 bits per heavy atom. The molecule has 0 aliphatic heterocycles. The number of nitrogens with one attached hydrogen (secondary N) is 2. The van der Waals surface area contributed by atoms with Crippen molar-refractivity contribution in [1.82, 2.24) is 10.5 Å². The number of hydrogen-bond acceptors (Lipinski definition) is 6. The monoisotopic (exact) mass is 485 g/mol. The van der Waals surface area contributed by atoms with Gasteiger partial charge in [-0.05, 0) is 87.5 Å². The minimum atomic E-state index is -0.0376. The molecule has 2 N–H and O–H groups in total. The Labute approximate surface area is 203 Å². The summed E-state index contributed by atoms with van der Waals surface area (Å²) in [5.41, 5.74) is 3.82. The highest BCUT2D eigenvalue weighted by Gasteiger charge is 2.34. The molecule has 2 heterocycles. The number of carbonyl (C=O) groups excluding carboxylic acids is 2. The lowest BCUT2D eigenvalue weighted by atomic mass is 9.83. The van der Waals surface area contributed by atoms with Gasteiger partial charge in [-0.15, -0.1) is 11.3 Å². The van der Waals surface area contributed by atoms with Gasteiger partial charge in [0.1, 0.15) is 10.8 Å². The Balaban J connectivity index is 1.31. The van der Waals surface area contributed by atoms with E-state index in [0.717, 1.165) is 77.5 Å². The van der Waals surface area contributed by atoms with Crippen LogP contribution in [0.4, 0.5) is 5.00 Å². The van der Waals surface area contributed by atoms with E-state index >= 15 is 0 Å². The molecule has 0 bridgehead atoms. The molecule has 2 fully saturated rings. The second-order valence-electron chi connectivity index (χ2n) is 9.96. The number of thiocarbonyl (C=S) groups is 1. The second-order valence-corrected chi connectivity index (χ2v) is 11.6. The van der Waals surface area contributed by atoms with E-state index in [-0.39, 0.29) is 17.7 Å². The van der Waals surface area contributed by atoms with E-state index < -0.39 is 0 Å². The van der Waals surface area contributed by atoms with Gasteiger partial charge >= 0.3 is 0 Å². The van der Waals surface area contributed by atoms with Crippen molar-refractivity contribution in [2.24, 2.45) is 17.8 Å². The highest BCUT2D eigenvalue weighted by atomic mass is 32.1. The summed E-state index contributed by atoms with van der Waals surface area (Å²) < 4.78 is 5.29. The number of anilines is 1. The molecule has 176 valence electrons. The number of fused-ring (bicyclic) bond motifs is 1. The zero-order valence-electron chi connectivity index (χ0n) is 19.3. The van der Waals surface area contributed by atoms with Crippen LogP contribution in [-0.4, -0.2) is 28.4 Å². The fraction of sp³-hybridized carbons (Fsp3) is 0.600. The number of nitrogens with zero attached hydrogens (tertiary/aromatic N) is 1. The molecule has 2 amide bonds. The van der Waals surface area contributed by atoms with Crippen LogP contribution in [0.2, 0.25) is 0 Å². The van der Waals surface area contributed by atoms with E-state index in [2.05, 4.69) is 15.8 Å². The molecule has 2 aromatic heterocycles. The first kappa shape index (κ1) is 22.7. The Kier molecular flexibility index (Phi) is 6.40. The van der Waals surface area contributed by atoms with Crippen molar-refractivity contribution in [2.75, 3.05) is 11.9 Å². The summed E-state index contributed by atoms with van der Waals surface area (Å²) in [6.07, 6.45) is 8.65. The normalized spacial score (nSPS) is 19.8. The predicted molar refractivity (Wildman–Crippen MR) is 133 cm³/mol. The van der Waals surface area contributed by atoms with Crippen LogP contribution in [0.3, 0.4) is 0 Å². The third kappa shape index (κ3) is 5.22. The van der Waals surface area contributed by atoms with Crippen LogP contribution in [0.1, 0.15) is 76.3 Å². The Hall–Kier alpha value is -2.06. The van der Waals surface area contributed by atoms with E-state index in [1.165, 1.54) is 17.7 Å². The summed E-state index contributed by atoms with van der Waals surface area (Å²) in [6, 6.07) is 0. The molecule has 0 radical (unpaired) electrons. The molecule has 33 heavy (non-hydrogen) atoms. The summed E-state index contributed by atoms with van der Waals surface area (Å²) in [7, 11) is 0. The van der Waals surface area contributed by atoms with E-state index in [1.807, 2.05) is 13.8 Å². The van der Waals surface area contributed by atoms with Crippen molar-refractivity contribution in [1.29, 1.82) is 0 Å². The molecular formula is C25H31N3O3S2. The second kappa shape index (κ2) is 9.29. The lowest BCUT2D eigenvalue weighted by Crippen LogP contribution is -2.28. The standard InChI is InChI=1S/C25H31N3O3S2/c1-13-19(14(2)31-28-13)11-18(32)9-16-5-8-21-20(10-16)22(24(30)26-12-15-3-4-15)25(33-21)27-23(29)17-6-7-17/h15-17H,3-12H2,1-2H3,(H,26,30)(H,27,29)/t16-/m1/s1. The SMILES string of the molecule is Cc1noc(C)c1CC(=S)C[C@H]1CCc2sc(NC(=O)C3CC3)c(C(=O)NCC3CC3)c2C1. The number of hydrogen-bond donors (Lipinski definition) is 2. The molecule has 0 aromatic carbocycles. The van der Waals surface area contributed by atoms with Gasteiger partial charge in [0.15, 0.2) is 0 Å². The molecule has 5 rings (SSSR count). The van der Waals surface area contributed by atoms with Crippen LogP contribution >= 0.6 is 23.6 Å². The number of thiophene rings is 1. The fourth-order valence-corrected chi connectivity index (χ4v) is 6.34. The molecule has 0 spiro atoms. The molecule has 6 nitrogen and oxygen atoms in total. The van der Waals surface area contributed by atoms with Crippen molar-refractivity contribution in [2.45, 2.75) is 71.6 Å². The first-order valence-electron chi connectivity index (χ1n) is 12.1. The van der Waals surface area contributed by atoms with Gasteiger partial charge in [-0.2, -0.15) is 0 Å². The zero-order chi connectivity index (χ0) is 23.1. The topological polar surface area (TPSA) is 84.2 Å². The van der Waals surface area contributed by atoms with E-state index in [1.54, 1.807) is 11.3 Å². The molecule has 8 heteroatoms. The maximum absolute atomic E-state index is 13.2. The summed E-state index contributed by atoms with van der Waals surface area (Å²) in [4.78, 5) is 28.0. The Bertz CT molecular complexity index is 1080. The Morgan fingerprint density at radius 2 is 1.94 bits per heavy atom. The van der Waals surface area contributed by atoms with Crippen LogP contribution < -0.4 is 10.6 Å². The predicted octanol–water partition coefficient (Wildman–Crippen LogP) is 4.95. The molecule has 0 saturated heterocycles. The van der Waals surface area contributed by atoms with Crippen molar-refractivity contribution >= 4 is 45.2 Å². The first-order chi connectivity index (χ1) is 15.9. The lowest BCUT2D eigenvalue weighted by molar-refractivity contribution is -0.117. The van der Waals surface area contributed by atoms with E-state index in [0.29, 0.717) is 23.8 Å². The zero-order valence-corrected chi connectivity index (χ0v) is 20.9. The average molecular weight is 486 g/mol. The highest BCUT2D eigenvalue weighted by Crippen LogP contribution is 2.42. The van der Waals surface area contributed by atoms with Crippen molar-refractivity contribution < 1.29 is 14.1 Å². The van der Waals surface area contributed by atoms with Gasteiger partial charge in [0, 0.05) is 29.3 Å². The van der Waals surface area contributed by atoms with Crippen molar-refractivity contribution in [3.05, 3.63) is 33.0 Å². The van der Waals surface area contributed by atoms with Gasteiger partial charge in [-0.25, -0.2) is 0 Å². The number of aryl methyl sites for hydroxylation is 3. The number of amides is 2. The van der Waals surface area contributed by atoms with Crippen molar-refractivity contribution in [3.8, 4) is 0 Å². The largest absolute Gasteiger partial charge is 0.361 e. The average Bonchev–Trinajstić information content (AvgIpc) is 3.70. The van der Waals surface area contributed by atoms with Crippen LogP contribution in [-0.2, 0) is 24.1 Å². The Morgan fingerprint density at radius 3 is 2.61 bits per heavy atom. The molecule has 0 unspecified atom stereocenters. The van der Waals surface area contributed by atoms with Gasteiger partial charge in [0.2, 0.25) is 5.91 Å². The van der Waals surface area contributed by atoms with Gasteiger partial charge in [0.25, 0.3) is 5.91 Å². The minimum Gasteiger partial charge on any atom is -0.361 e. The summed E-state index contributed by atoms with van der Waals surface area (Å²) in [5, 5.41) is 11.0. The van der Waals surface area contributed by atoms with E-state index in [4.69, 9.17) is 16.7 Å². The number of aromatic nitrogens is 1. The van der Waals surface area contributed by atoms with E-state index in [9.17, 15) is 9.59 Å². The fourth-order valence-electron chi connectivity index (χ4n) is 4.71. The quantitative estimate of drug-likeness (QED) is 0.491. The maximum atomic E-state index is 13.2. The molecule has 2 aromatic rings.